The zero-order valence-corrected chi connectivity index (χ0v) is 34.5. The summed E-state index contributed by atoms with van der Waals surface area (Å²) in [5.74, 6) is 0.605. The van der Waals surface area contributed by atoms with Gasteiger partial charge < -0.3 is 19.8 Å². The second-order valence-corrected chi connectivity index (χ2v) is 16.1. The van der Waals surface area contributed by atoms with Gasteiger partial charge in [-0.2, -0.15) is 0 Å². The van der Waals surface area contributed by atoms with E-state index in [1.54, 1.807) is 13.2 Å². The van der Waals surface area contributed by atoms with Crippen molar-refractivity contribution in [3.05, 3.63) is 91.0 Å². The molecule has 2 aliphatic carbocycles. The molecule has 6 rings (SSSR count). The van der Waals surface area contributed by atoms with E-state index < -0.39 is 18.0 Å². The van der Waals surface area contributed by atoms with Gasteiger partial charge in [-0.25, -0.2) is 8.42 Å². The van der Waals surface area contributed by atoms with Crippen LogP contribution in [0.2, 0.25) is 0 Å². The van der Waals surface area contributed by atoms with Crippen LogP contribution in [0.1, 0.15) is 64.2 Å². The van der Waals surface area contributed by atoms with E-state index in [-0.39, 0.29) is 40.2 Å². The zero-order valence-electron chi connectivity index (χ0n) is 28.5. The van der Waals surface area contributed by atoms with E-state index in [4.69, 9.17) is 15.2 Å². The summed E-state index contributed by atoms with van der Waals surface area (Å²) in [7, 11) is 2.32. The molecule has 2 saturated carbocycles. The molecule has 0 unspecified atom stereocenters. The van der Waals surface area contributed by atoms with Gasteiger partial charge in [0.15, 0.2) is 0 Å². The number of nitrogens with two attached hydrogens (primary N) is 1. The first-order valence-corrected chi connectivity index (χ1v) is 21.2. The van der Waals surface area contributed by atoms with Gasteiger partial charge in [-0.1, -0.05) is 94.5 Å². The van der Waals surface area contributed by atoms with Gasteiger partial charge in [0.25, 0.3) is 0 Å². The summed E-state index contributed by atoms with van der Waals surface area (Å²) in [6, 6.07) is 30.0. The van der Waals surface area contributed by atoms with E-state index >= 15 is 0 Å². The Kier molecular flexibility index (Phi) is 18.2. The smallest absolute Gasteiger partial charge is 1.00 e. The van der Waals surface area contributed by atoms with Crippen LogP contribution in [0.4, 0.5) is 5.69 Å². The van der Waals surface area contributed by atoms with Gasteiger partial charge >= 0.3 is 57.3 Å². The van der Waals surface area contributed by atoms with Crippen LogP contribution in [0.3, 0.4) is 0 Å². The number of para-hydroxylation sites is 1. The van der Waals surface area contributed by atoms with E-state index in [0.29, 0.717) is 22.6 Å². The minimum atomic E-state index is -4.70. The molecule has 0 saturated heterocycles. The Bertz CT molecular complexity index is 1690. The first kappa shape index (κ1) is 42.0. The first-order valence-electron chi connectivity index (χ1n) is 16.4. The molecule has 0 radical (unpaired) electrons. The molecule has 0 spiro atoms. The summed E-state index contributed by atoms with van der Waals surface area (Å²) in [6.45, 7) is 0. The summed E-state index contributed by atoms with van der Waals surface area (Å²) in [4.78, 5) is -0.338. The second-order valence-electron chi connectivity index (χ2n) is 12.0. The largest absolute Gasteiger partial charge is 1.00 e. The predicted molar refractivity (Wildman–Crippen MR) is 194 cm³/mol. The molecule has 4 aromatic rings. The fourth-order valence-electron chi connectivity index (χ4n) is 6.99. The Morgan fingerprint density at radius 2 is 1.33 bits per heavy atom. The van der Waals surface area contributed by atoms with E-state index in [0.717, 1.165) is 22.4 Å². The minimum Gasteiger partial charge on any atom is 1.00 e. The number of halogens is 1. The van der Waals surface area contributed by atoms with Crippen LogP contribution >= 0.6 is 17.5 Å². The van der Waals surface area contributed by atoms with Gasteiger partial charge in [-0.05, 0) is 71.8 Å². The van der Waals surface area contributed by atoms with Crippen LogP contribution in [-0.2, 0) is 28.3 Å². The van der Waals surface area contributed by atoms with Crippen LogP contribution in [0.25, 0.3) is 22.3 Å². The van der Waals surface area contributed by atoms with Crippen molar-refractivity contribution in [3.63, 3.8) is 0 Å². The van der Waals surface area contributed by atoms with Gasteiger partial charge in [0.2, 0.25) is 0 Å². The maximum absolute atomic E-state index is 12.0. The van der Waals surface area contributed by atoms with Gasteiger partial charge in [0.05, 0.1) is 24.7 Å². The van der Waals surface area contributed by atoms with Crippen molar-refractivity contribution in [2.24, 2.45) is 0 Å². The molecule has 0 heterocycles. The SMILES string of the molecule is COc1ccc(S(=O)(=O)[O-])c(OC)c1-c1ccccc1P(C1CCCCC1)C1CCCCC1.Nc1ccccc1-c1[c-]cccc1.[Cl][Pd+].[Na+]. The molecule has 0 bridgehead atoms. The molecular formula is C38H44ClNNaO5PPdS. The second kappa shape index (κ2) is 21.2. The molecular weight excluding hydrogens is 778 g/mol. The van der Waals surface area contributed by atoms with Gasteiger partial charge in [-0.15, -0.1) is 35.9 Å². The number of rotatable bonds is 8. The van der Waals surface area contributed by atoms with E-state index in [1.807, 2.05) is 60.7 Å². The third kappa shape index (κ3) is 11.0. The molecule has 6 nitrogen and oxygen atoms in total. The molecule has 0 amide bonds. The van der Waals surface area contributed by atoms with Crippen molar-refractivity contribution < 1.29 is 70.2 Å². The zero-order chi connectivity index (χ0) is 34.5. The Hall–Kier alpha value is -1.43. The minimum absolute atomic E-state index is 0. The van der Waals surface area contributed by atoms with Crippen LogP contribution in [-0.4, -0.2) is 38.5 Å². The summed E-state index contributed by atoms with van der Waals surface area (Å²) in [5.41, 5.74) is 11.6. The quantitative estimate of drug-likeness (QED) is 0.0719. The Balaban J connectivity index is 0.000000339. The molecule has 49 heavy (non-hydrogen) atoms. The summed E-state index contributed by atoms with van der Waals surface area (Å²) < 4.78 is 47.4. The molecule has 260 valence electrons. The van der Waals surface area contributed by atoms with Crippen molar-refractivity contribution in [2.45, 2.75) is 80.4 Å². The fraction of sp³-hybridized carbons (Fsp3) is 0.368. The Morgan fingerprint density at radius 1 is 0.776 bits per heavy atom. The van der Waals surface area contributed by atoms with Crippen LogP contribution < -0.4 is 50.1 Å². The van der Waals surface area contributed by atoms with Gasteiger partial charge in [-0.3, -0.25) is 0 Å². The van der Waals surface area contributed by atoms with Crippen molar-refractivity contribution in [1.82, 2.24) is 0 Å². The molecule has 11 heteroatoms. The Morgan fingerprint density at radius 3 is 1.84 bits per heavy atom. The van der Waals surface area contributed by atoms with Crippen LogP contribution in [0.5, 0.6) is 11.5 Å². The van der Waals surface area contributed by atoms with E-state index in [1.165, 1.54) is 82.7 Å². The van der Waals surface area contributed by atoms with Crippen molar-refractivity contribution in [3.8, 4) is 33.8 Å². The maximum atomic E-state index is 12.0. The molecule has 2 fully saturated rings. The maximum Gasteiger partial charge on any atom is 1.00 e. The normalized spacial score (nSPS) is 15.2. The summed E-state index contributed by atoms with van der Waals surface area (Å²) in [6.07, 6.45) is 12.8. The number of nitrogen functional groups attached to an aromatic ring is 1. The van der Waals surface area contributed by atoms with Crippen LogP contribution in [0, 0.1) is 6.07 Å². The molecule has 0 aromatic heterocycles. The summed E-state index contributed by atoms with van der Waals surface area (Å²) >= 11 is 2.22. The van der Waals surface area contributed by atoms with Crippen molar-refractivity contribution in [2.75, 3.05) is 20.0 Å². The molecule has 0 atom stereocenters. The topological polar surface area (TPSA) is 102 Å². The van der Waals surface area contributed by atoms with Gasteiger partial charge in [0.1, 0.15) is 21.6 Å². The molecule has 4 aromatic carbocycles. The number of benzene rings is 4. The van der Waals surface area contributed by atoms with E-state index in [2.05, 4.69) is 45.9 Å². The average molecular weight is 823 g/mol. The fourth-order valence-corrected chi connectivity index (χ4v) is 11.6. The first-order chi connectivity index (χ1) is 23.3. The number of hydrogen-bond donors (Lipinski definition) is 1. The van der Waals surface area contributed by atoms with Gasteiger partial charge in [0, 0.05) is 0 Å². The van der Waals surface area contributed by atoms with Crippen LogP contribution in [0.15, 0.2) is 89.8 Å². The number of ether oxygens (including phenoxy) is 2. The molecule has 0 aliphatic heterocycles. The third-order valence-electron chi connectivity index (χ3n) is 9.12. The van der Waals surface area contributed by atoms with E-state index in [9.17, 15) is 13.0 Å². The standard InChI is InChI=1S/C26H35O5PS.C12H10N.ClH.Na.Pd/c1-30-22-17-18-24(33(27,28)29)26(31-2)25(22)21-15-9-10-16-23(21)32(19-11-5-3-6-12-19)20-13-7-4-8-14-20;13-12-9-5-4-8-11(12)10-6-2-1-3-7-10;;;/h9-10,15-20H,3-8,11-14H2,1-2H3,(H,27,28,29);1-6,8-9H,13H2;1H;;/q;-1;;+1;+2/p-2. The molecule has 2 aliphatic rings. The molecule has 2 N–H and O–H groups in total. The number of hydrogen-bond acceptors (Lipinski definition) is 6. The van der Waals surface area contributed by atoms with Crippen molar-refractivity contribution in [1.29, 1.82) is 0 Å². The Labute approximate surface area is 331 Å². The van der Waals surface area contributed by atoms with Crippen molar-refractivity contribution >= 4 is 38.6 Å². The number of methoxy groups -OCH3 is 2. The average Bonchev–Trinajstić information content (AvgIpc) is 3.13. The summed E-state index contributed by atoms with van der Waals surface area (Å²) in [5, 5.41) is 1.29. The predicted octanol–water partition coefficient (Wildman–Crippen LogP) is 6.47. The number of anilines is 1. The third-order valence-corrected chi connectivity index (χ3v) is 13.5. The monoisotopic (exact) mass is 821 g/mol.